The maximum atomic E-state index is 12.5. The summed E-state index contributed by atoms with van der Waals surface area (Å²) < 4.78 is 0. The van der Waals surface area contributed by atoms with Crippen LogP contribution >= 0.6 is 0 Å². The normalized spacial score (nSPS) is 13.5. The molecule has 0 radical (unpaired) electrons. The number of carbonyl (C=O) groups excluding carboxylic acids is 2. The van der Waals surface area contributed by atoms with E-state index in [1.807, 2.05) is 0 Å². The van der Waals surface area contributed by atoms with Gasteiger partial charge in [-0.15, -0.1) is 0 Å². The second kappa shape index (κ2) is 4.77. The van der Waals surface area contributed by atoms with Crippen LogP contribution in [-0.4, -0.2) is 16.7 Å². The molecule has 1 aliphatic heterocycles. The number of nitro benzene ring substituents is 1. The molecule has 6 heteroatoms. The van der Waals surface area contributed by atoms with E-state index < -0.39 is 16.7 Å². The van der Waals surface area contributed by atoms with Gasteiger partial charge in [-0.05, 0) is 37.1 Å². The van der Waals surface area contributed by atoms with Crippen molar-refractivity contribution in [3.8, 4) is 0 Å². The Labute approximate surface area is 126 Å². The third kappa shape index (κ3) is 1.81. The summed E-state index contributed by atoms with van der Waals surface area (Å²) in [7, 11) is 0. The molecule has 0 unspecified atom stereocenters. The quantitative estimate of drug-likeness (QED) is 0.484. The number of nitrogens with zero attached hydrogens (tertiary/aromatic N) is 2. The second-order valence-corrected chi connectivity index (χ2v) is 5.12. The van der Waals surface area contributed by atoms with Crippen LogP contribution in [0.2, 0.25) is 0 Å². The molecule has 0 aromatic heterocycles. The fourth-order valence-corrected chi connectivity index (χ4v) is 2.61. The van der Waals surface area contributed by atoms with Crippen molar-refractivity contribution in [2.24, 2.45) is 0 Å². The number of carbonyl (C=O) groups is 2. The van der Waals surface area contributed by atoms with Crippen LogP contribution in [0.25, 0.3) is 0 Å². The highest BCUT2D eigenvalue weighted by molar-refractivity contribution is 6.35. The molecule has 0 atom stereocenters. The number of fused-ring (bicyclic) bond motifs is 1. The molecule has 1 heterocycles. The molecule has 0 aliphatic carbocycles. The first-order valence-electron chi connectivity index (χ1n) is 6.66. The monoisotopic (exact) mass is 296 g/mol. The predicted octanol–water partition coefficient (Wildman–Crippen LogP) is 3.01. The molecule has 1 aliphatic rings. The van der Waals surface area contributed by atoms with E-state index in [1.54, 1.807) is 44.2 Å². The lowest BCUT2D eigenvalue weighted by Crippen LogP contribution is -2.31. The van der Waals surface area contributed by atoms with Crippen molar-refractivity contribution in [2.75, 3.05) is 4.90 Å². The van der Waals surface area contributed by atoms with Crippen LogP contribution in [0.4, 0.5) is 11.4 Å². The summed E-state index contributed by atoms with van der Waals surface area (Å²) in [6, 6.07) is 9.34. The Hall–Kier alpha value is -3.02. The molecule has 0 saturated heterocycles. The maximum absolute atomic E-state index is 12.5. The van der Waals surface area contributed by atoms with Crippen LogP contribution in [-0.2, 0) is 0 Å². The summed E-state index contributed by atoms with van der Waals surface area (Å²) in [4.78, 5) is 36.7. The molecule has 3 rings (SSSR count). The average molecular weight is 296 g/mol. The molecule has 0 fully saturated rings. The zero-order valence-electron chi connectivity index (χ0n) is 12.0. The molecule has 22 heavy (non-hydrogen) atoms. The molecule has 2 aromatic rings. The molecule has 0 N–H and O–H groups in total. The standard InChI is InChI=1S/C16H12N2O4/c1-9-7-8-13(18(21)22)14(10(9)2)17-15(19)11-5-3-4-6-12(11)16(17)20/h3-8H,1-2H3. The Bertz CT molecular complexity index is 807. The number of amides is 2. The number of hydrogen-bond acceptors (Lipinski definition) is 4. The van der Waals surface area contributed by atoms with E-state index in [-0.39, 0.29) is 22.5 Å². The molecule has 110 valence electrons. The van der Waals surface area contributed by atoms with Gasteiger partial charge in [0.1, 0.15) is 5.69 Å². The number of imide groups is 1. The first-order valence-corrected chi connectivity index (χ1v) is 6.66. The van der Waals surface area contributed by atoms with Crippen LogP contribution in [0, 0.1) is 24.0 Å². The van der Waals surface area contributed by atoms with Gasteiger partial charge in [0.05, 0.1) is 16.1 Å². The number of anilines is 1. The van der Waals surface area contributed by atoms with Crippen molar-refractivity contribution in [1.82, 2.24) is 0 Å². The molecule has 2 aromatic carbocycles. The largest absolute Gasteiger partial charge is 0.293 e. The van der Waals surface area contributed by atoms with E-state index in [4.69, 9.17) is 0 Å². The van der Waals surface area contributed by atoms with Crippen molar-refractivity contribution in [1.29, 1.82) is 0 Å². The molecule has 2 amide bonds. The number of rotatable bonds is 2. The van der Waals surface area contributed by atoms with Crippen LogP contribution in [0.3, 0.4) is 0 Å². The van der Waals surface area contributed by atoms with Crippen molar-refractivity contribution in [3.63, 3.8) is 0 Å². The number of aryl methyl sites for hydroxylation is 1. The van der Waals surface area contributed by atoms with Gasteiger partial charge in [0.25, 0.3) is 17.5 Å². The van der Waals surface area contributed by atoms with Crippen LogP contribution < -0.4 is 4.90 Å². The van der Waals surface area contributed by atoms with Crippen LogP contribution in [0.15, 0.2) is 36.4 Å². The highest BCUT2D eigenvalue weighted by Gasteiger charge is 2.40. The van der Waals surface area contributed by atoms with Crippen LogP contribution in [0.1, 0.15) is 31.8 Å². The molecule has 0 saturated carbocycles. The summed E-state index contributed by atoms with van der Waals surface area (Å²) in [5.74, 6) is -1.06. The van der Waals surface area contributed by atoms with E-state index in [9.17, 15) is 19.7 Å². The number of nitro groups is 1. The van der Waals surface area contributed by atoms with Gasteiger partial charge in [0, 0.05) is 6.07 Å². The SMILES string of the molecule is Cc1ccc([N+](=O)[O-])c(N2C(=O)c3ccccc3C2=O)c1C. The zero-order chi connectivity index (χ0) is 16.0. The fraction of sp³-hybridized carbons (Fsp3) is 0.125. The van der Waals surface area contributed by atoms with Crippen molar-refractivity contribution in [2.45, 2.75) is 13.8 Å². The minimum Gasteiger partial charge on any atom is -0.268 e. The van der Waals surface area contributed by atoms with E-state index in [0.717, 1.165) is 10.5 Å². The lowest BCUT2D eigenvalue weighted by Gasteiger charge is -2.17. The lowest BCUT2D eigenvalue weighted by molar-refractivity contribution is -0.384. The van der Waals surface area contributed by atoms with Crippen molar-refractivity contribution >= 4 is 23.2 Å². The average Bonchev–Trinajstić information content (AvgIpc) is 2.74. The first-order chi connectivity index (χ1) is 10.4. The van der Waals surface area contributed by atoms with Gasteiger partial charge in [-0.3, -0.25) is 19.7 Å². The van der Waals surface area contributed by atoms with Gasteiger partial charge < -0.3 is 0 Å². The lowest BCUT2D eigenvalue weighted by atomic mass is 10.1. The first kappa shape index (κ1) is 13.9. The predicted molar refractivity (Wildman–Crippen MR) is 80.2 cm³/mol. The number of benzene rings is 2. The Morgan fingerprint density at radius 3 is 2.00 bits per heavy atom. The minimum absolute atomic E-state index is 0.0520. The fourth-order valence-electron chi connectivity index (χ4n) is 2.61. The van der Waals surface area contributed by atoms with Gasteiger partial charge in [0.2, 0.25) is 0 Å². The van der Waals surface area contributed by atoms with E-state index in [1.165, 1.54) is 6.07 Å². The Morgan fingerprint density at radius 1 is 0.955 bits per heavy atom. The molecular formula is C16H12N2O4. The summed E-state index contributed by atoms with van der Waals surface area (Å²) in [5, 5.41) is 11.3. The maximum Gasteiger partial charge on any atom is 0.293 e. The molecule has 0 bridgehead atoms. The number of hydrogen-bond donors (Lipinski definition) is 0. The molecular weight excluding hydrogens is 284 g/mol. The zero-order valence-corrected chi connectivity index (χ0v) is 12.0. The smallest absolute Gasteiger partial charge is 0.268 e. The third-order valence-corrected chi connectivity index (χ3v) is 3.89. The summed E-state index contributed by atoms with van der Waals surface area (Å²) in [6.45, 7) is 3.45. The van der Waals surface area contributed by atoms with Gasteiger partial charge in [-0.25, -0.2) is 4.90 Å². The summed E-state index contributed by atoms with van der Waals surface area (Å²) in [5.41, 5.74) is 1.65. The minimum atomic E-state index is -0.578. The van der Waals surface area contributed by atoms with Crippen molar-refractivity contribution < 1.29 is 14.5 Å². The Morgan fingerprint density at radius 2 is 1.50 bits per heavy atom. The molecule has 0 spiro atoms. The summed E-state index contributed by atoms with van der Waals surface area (Å²) >= 11 is 0. The topological polar surface area (TPSA) is 80.5 Å². The summed E-state index contributed by atoms with van der Waals surface area (Å²) in [6.07, 6.45) is 0. The third-order valence-electron chi connectivity index (χ3n) is 3.89. The van der Waals surface area contributed by atoms with Gasteiger partial charge in [-0.2, -0.15) is 0 Å². The Kier molecular flexibility index (Phi) is 3.02. The van der Waals surface area contributed by atoms with Gasteiger partial charge in [-0.1, -0.05) is 18.2 Å². The Balaban J connectivity index is 2.26. The second-order valence-electron chi connectivity index (χ2n) is 5.12. The van der Waals surface area contributed by atoms with Crippen LogP contribution in [0.5, 0.6) is 0 Å². The van der Waals surface area contributed by atoms with E-state index >= 15 is 0 Å². The highest BCUT2D eigenvalue weighted by Crippen LogP contribution is 2.38. The van der Waals surface area contributed by atoms with Gasteiger partial charge >= 0.3 is 0 Å². The highest BCUT2D eigenvalue weighted by atomic mass is 16.6. The van der Waals surface area contributed by atoms with Crippen molar-refractivity contribution in [3.05, 3.63) is 68.8 Å². The van der Waals surface area contributed by atoms with E-state index in [0.29, 0.717) is 5.56 Å². The van der Waals surface area contributed by atoms with E-state index in [2.05, 4.69) is 0 Å². The van der Waals surface area contributed by atoms with Gasteiger partial charge in [0.15, 0.2) is 0 Å². The molecule has 6 nitrogen and oxygen atoms in total.